The van der Waals surface area contributed by atoms with Gasteiger partial charge in [-0.05, 0) is 42.8 Å². The third-order valence-electron chi connectivity index (χ3n) is 6.54. The summed E-state index contributed by atoms with van der Waals surface area (Å²) >= 11 is 0.536. The van der Waals surface area contributed by atoms with E-state index in [9.17, 15) is 10.3 Å². The summed E-state index contributed by atoms with van der Waals surface area (Å²) in [7, 11) is -2.13. The average molecular weight is 516 g/mol. The summed E-state index contributed by atoms with van der Waals surface area (Å²) in [6, 6.07) is 18.0. The lowest BCUT2D eigenvalue weighted by Gasteiger charge is -2.41. The molecule has 0 radical (unpaired) electrons. The van der Waals surface area contributed by atoms with Crippen LogP contribution < -0.4 is 4.89 Å². The largest absolute Gasteiger partial charge is 0.444 e. The SMILES string of the molecule is CC(C)(C)[Si](C)(C)OC[C@]1(C)OCC(c2ccccc2)N1C(=O)C(=[N+]=[N-])SOOc1ccccc1. The van der Waals surface area contributed by atoms with Crippen molar-refractivity contribution in [3.63, 3.8) is 0 Å². The molecule has 10 heteroatoms. The molecule has 1 amide bonds. The van der Waals surface area contributed by atoms with E-state index in [1.807, 2.05) is 43.3 Å². The summed E-state index contributed by atoms with van der Waals surface area (Å²) in [6.45, 7) is 13.1. The Morgan fingerprint density at radius 3 is 2.34 bits per heavy atom. The van der Waals surface area contributed by atoms with E-state index in [1.165, 1.54) is 0 Å². The highest BCUT2D eigenvalue weighted by Crippen LogP contribution is 2.41. The Labute approximate surface area is 212 Å². The van der Waals surface area contributed by atoms with Crippen LogP contribution in [0.5, 0.6) is 5.75 Å². The zero-order valence-electron chi connectivity index (χ0n) is 21.1. The fourth-order valence-corrected chi connectivity index (χ4v) is 4.86. The fourth-order valence-electron chi connectivity index (χ4n) is 3.41. The summed E-state index contributed by atoms with van der Waals surface area (Å²) < 4.78 is 17.8. The molecule has 0 saturated carbocycles. The third-order valence-corrected chi connectivity index (χ3v) is 11.6. The number of para-hydroxylation sites is 1. The molecule has 2 aromatic carbocycles. The van der Waals surface area contributed by atoms with E-state index >= 15 is 0 Å². The van der Waals surface area contributed by atoms with E-state index in [1.54, 1.807) is 29.2 Å². The van der Waals surface area contributed by atoms with Crippen LogP contribution in [0.1, 0.15) is 39.3 Å². The Hall–Kier alpha value is -2.46. The molecule has 3 rings (SSSR count). The molecule has 1 saturated heterocycles. The lowest BCUT2D eigenvalue weighted by Crippen LogP contribution is -2.54. The van der Waals surface area contributed by atoms with Gasteiger partial charge in [-0.25, -0.2) is 0 Å². The first-order valence-corrected chi connectivity index (χ1v) is 15.1. The van der Waals surface area contributed by atoms with Gasteiger partial charge in [-0.1, -0.05) is 69.3 Å². The van der Waals surface area contributed by atoms with Crippen molar-refractivity contribution in [2.45, 2.75) is 57.6 Å². The Morgan fingerprint density at radius 1 is 1.17 bits per heavy atom. The number of nitrogens with zero attached hydrogens (tertiary/aromatic N) is 3. The minimum Gasteiger partial charge on any atom is -0.412 e. The first-order valence-electron chi connectivity index (χ1n) is 11.4. The maximum atomic E-state index is 13.7. The molecule has 1 aliphatic heterocycles. The summed E-state index contributed by atoms with van der Waals surface area (Å²) in [5, 5.41) is -0.294. The summed E-state index contributed by atoms with van der Waals surface area (Å²) in [4.78, 5) is 23.7. The normalized spacial score (nSPS) is 20.4. The van der Waals surface area contributed by atoms with Gasteiger partial charge in [-0.15, -0.1) is 4.33 Å². The zero-order valence-corrected chi connectivity index (χ0v) is 22.9. The zero-order chi connectivity index (χ0) is 25.7. The van der Waals surface area contributed by atoms with Crippen molar-refractivity contribution in [3.05, 3.63) is 71.8 Å². The maximum Gasteiger partial charge on any atom is 0.444 e. The minimum absolute atomic E-state index is 0.00811. The lowest BCUT2D eigenvalue weighted by atomic mass is 10.1. The van der Waals surface area contributed by atoms with E-state index in [2.05, 4.69) is 38.7 Å². The Bertz CT molecular complexity index is 1060. The number of hydrogen-bond donors (Lipinski definition) is 0. The average Bonchev–Trinajstić information content (AvgIpc) is 3.18. The number of ether oxygens (including phenoxy) is 1. The van der Waals surface area contributed by atoms with E-state index < -0.39 is 26.0 Å². The van der Waals surface area contributed by atoms with Crippen LogP contribution in [0.15, 0.2) is 60.7 Å². The van der Waals surface area contributed by atoms with Crippen LogP contribution in [0.2, 0.25) is 18.1 Å². The van der Waals surface area contributed by atoms with Gasteiger partial charge in [0, 0.05) is 0 Å². The second-order valence-electron chi connectivity index (χ2n) is 10.1. The summed E-state index contributed by atoms with van der Waals surface area (Å²) in [6.07, 6.45) is 0. The van der Waals surface area contributed by atoms with Crippen molar-refractivity contribution < 1.29 is 28.0 Å². The molecule has 0 bridgehead atoms. The molecule has 188 valence electrons. The first-order chi connectivity index (χ1) is 16.5. The van der Waals surface area contributed by atoms with Gasteiger partial charge in [0.15, 0.2) is 31.8 Å². The highest BCUT2D eigenvalue weighted by Gasteiger charge is 2.52. The van der Waals surface area contributed by atoms with Gasteiger partial charge in [0.25, 0.3) is 0 Å². The Kier molecular flexibility index (Phi) is 8.58. The predicted molar refractivity (Wildman–Crippen MR) is 138 cm³/mol. The number of carbonyl (C=O) groups is 1. The molecule has 0 aromatic heterocycles. The van der Waals surface area contributed by atoms with E-state index in [4.69, 9.17) is 18.4 Å². The minimum atomic E-state index is -2.13. The quantitative estimate of drug-likeness (QED) is 0.0695. The highest BCUT2D eigenvalue weighted by atomic mass is 32.2. The maximum absolute atomic E-state index is 13.7. The third kappa shape index (κ3) is 6.41. The van der Waals surface area contributed by atoms with Gasteiger partial charge in [-0.3, -0.25) is 9.69 Å². The molecule has 2 atom stereocenters. The van der Waals surface area contributed by atoms with Crippen LogP contribution in [-0.4, -0.2) is 47.9 Å². The number of rotatable bonds is 7. The summed E-state index contributed by atoms with van der Waals surface area (Å²) in [5.41, 5.74) is 9.49. The Morgan fingerprint density at radius 2 is 1.77 bits per heavy atom. The van der Waals surface area contributed by atoms with Crippen LogP contribution in [-0.2, 0) is 18.3 Å². The number of benzene rings is 2. The van der Waals surface area contributed by atoms with E-state index in [0.717, 1.165) is 5.56 Å². The molecule has 1 aliphatic rings. The van der Waals surface area contributed by atoms with Crippen LogP contribution in [0.3, 0.4) is 0 Å². The van der Waals surface area contributed by atoms with Crippen LogP contribution in [0.4, 0.5) is 0 Å². The van der Waals surface area contributed by atoms with Gasteiger partial charge in [-0.2, -0.15) is 4.79 Å². The van der Waals surface area contributed by atoms with Crippen LogP contribution >= 0.6 is 12.0 Å². The van der Waals surface area contributed by atoms with Gasteiger partial charge in [0.05, 0.1) is 19.3 Å². The first kappa shape index (κ1) is 27.1. The van der Waals surface area contributed by atoms with Crippen molar-refractivity contribution in [1.29, 1.82) is 0 Å². The van der Waals surface area contributed by atoms with Crippen molar-refractivity contribution in [3.8, 4) is 5.75 Å². The molecule has 1 heterocycles. The second-order valence-corrected chi connectivity index (χ2v) is 15.6. The van der Waals surface area contributed by atoms with Crippen LogP contribution in [0, 0.1) is 0 Å². The number of carbonyl (C=O) groups excluding carboxylic acids is 1. The second kappa shape index (κ2) is 11.1. The van der Waals surface area contributed by atoms with Crippen molar-refractivity contribution in [2.24, 2.45) is 0 Å². The van der Waals surface area contributed by atoms with E-state index in [0.29, 0.717) is 17.8 Å². The molecule has 35 heavy (non-hydrogen) atoms. The molecule has 8 nitrogen and oxygen atoms in total. The monoisotopic (exact) mass is 515 g/mol. The molecule has 2 aromatic rings. The number of hydrogen-bond acceptors (Lipinski definition) is 6. The van der Waals surface area contributed by atoms with Gasteiger partial charge >= 0.3 is 11.0 Å². The molecule has 0 spiro atoms. The Balaban J connectivity index is 1.83. The smallest absolute Gasteiger partial charge is 0.412 e. The molecule has 1 unspecified atom stereocenters. The topological polar surface area (TPSA) is 93.6 Å². The van der Waals surface area contributed by atoms with Crippen molar-refractivity contribution in [1.82, 2.24) is 4.90 Å². The van der Waals surface area contributed by atoms with Gasteiger partial charge < -0.3 is 19.6 Å². The van der Waals surface area contributed by atoms with Crippen molar-refractivity contribution >= 4 is 31.3 Å². The molecular formula is C25H33N3O5SSi. The molecular weight excluding hydrogens is 482 g/mol. The van der Waals surface area contributed by atoms with Gasteiger partial charge in [0.2, 0.25) is 0 Å². The van der Waals surface area contributed by atoms with Crippen molar-refractivity contribution in [2.75, 3.05) is 13.2 Å². The van der Waals surface area contributed by atoms with Crippen LogP contribution in [0.25, 0.3) is 5.53 Å². The van der Waals surface area contributed by atoms with E-state index in [-0.39, 0.29) is 23.3 Å². The standard InChI is InChI=1S/C25H33N3O5SSi/c1-24(2,3)35(5,6)31-18-25(4)28(21(17-30-25)19-13-9-7-10-14-19)23(29)22(27-26)34-33-32-20-15-11-8-12-16-20/h7-16,21H,17-18H2,1-6H3/t21?,25-/m0/s1. The molecule has 0 aliphatic carbocycles. The predicted octanol–water partition coefficient (Wildman–Crippen LogP) is 5.61. The number of amides is 1. The van der Waals surface area contributed by atoms with Gasteiger partial charge in [0.1, 0.15) is 0 Å². The fraction of sp³-hybridized carbons (Fsp3) is 0.440. The highest BCUT2D eigenvalue weighted by molar-refractivity contribution is 8.11. The molecule has 0 N–H and O–H groups in total. The molecule has 1 fully saturated rings. The summed E-state index contributed by atoms with van der Waals surface area (Å²) in [5.74, 6) is -0.106. The lowest BCUT2D eigenvalue weighted by molar-refractivity contribution is -0.150.